The molecule has 0 spiro atoms. The average Bonchev–Trinajstić information content (AvgIpc) is 2.39. The third-order valence-corrected chi connectivity index (χ3v) is 5.50. The number of hydrogen-bond acceptors (Lipinski definition) is 1. The Morgan fingerprint density at radius 3 is 1.94 bits per heavy atom. The van der Waals surface area contributed by atoms with Gasteiger partial charge < -0.3 is 0 Å². The maximum Gasteiger partial charge on any atom is 0.160 e. The van der Waals surface area contributed by atoms with Crippen LogP contribution in [0.5, 0.6) is 0 Å². The van der Waals surface area contributed by atoms with Crippen molar-refractivity contribution in [3.8, 4) is 0 Å². The Morgan fingerprint density at radius 2 is 1.41 bits per heavy atom. The van der Waals surface area contributed by atoms with Crippen molar-refractivity contribution in [3.63, 3.8) is 0 Å². The zero-order valence-electron chi connectivity index (χ0n) is 9.92. The number of rotatable bonds is 3. The monoisotopic (exact) mass is 263 g/mol. The van der Waals surface area contributed by atoms with Crippen molar-refractivity contribution in [1.29, 1.82) is 0 Å². The Morgan fingerprint density at radius 1 is 0.882 bits per heavy atom. The second kappa shape index (κ2) is 5.52. The van der Waals surface area contributed by atoms with E-state index in [1.165, 1.54) is 9.79 Å². The molecular weight excluding hydrogens is 248 g/mol. The summed E-state index contributed by atoms with van der Waals surface area (Å²) >= 11 is 0. The first-order chi connectivity index (χ1) is 8.18. The predicted molar refractivity (Wildman–Crippen MR) is 75.0 cm³/mol. The van der Waals surface area contributed by atoms with Crippen molar-refractivity contribution in [2.45, 2.75) is 14.7 Å². The zero-order chi connectivity index (χ0) is 12.3. The summed E-state index contributed by atoms with van der Waals surface area (Å²) in [6.07, 6.45) is 3.92. The molecule has 0 aliphatic rings. The highest BCUT2D eigenvalue weighted by atomic mass is 32.2. The fourth-order valence-electron chi connectivity index (χ4n) is 1.60. The van der Waals surface area contributed by atoms with Gasteiger partial charge in [0.05, 0.1) is 10.9 Å². The lowest BCUT2D eigenvalue weighted by molar-refractivity contribution is 0.686. The van der Waals surface area contributed by atoms with E-state index in [0.29, 0.717) is 0 Å². The summed E-state index contributed by atoms with van der Waals surface area (Å²) in [7, 11) is -0.809. The van der Waals surface area contributed by atoms with E-state index in [1.807, 2.05) is 18.2 Å². The molecule has 2 aromatic rings. The van der Waals surface area contributed by atoms with E-state index in [0.717, 1.165) is 4.90 Å². The van der Waals surface area contributed by atoms with Gasteiger partial charge in [0.2, 0.25) is 0 Å². The van der Waals surface area contributed by atoms with E-state index < -0.39 is 10.8 Å². The number of benzene rings is 2. The first kappa shape index (κ1) is 12.4. The Hall–Kier alpha value is -1.06. The third kappa shape index (κ3) is 2.99. The molecular formula is C14H15OS2+. The molecule has 0 heterocycles. The van der Waals surface area contributed by atoms with Gasteiger partial charge in [-0.2, -0.15) is 0 Å². The second-order valence-electron chi connectivity index (χ2n) is 3.75. The molecule has 2 unspecified atom stereocenters. The molecule has 0 saturated heterocycles. The average molecular weight is 263 g/mol. The van der Waals surface area contributed by atoms with Crippen molar-refractivity contribution in [2.24, 2.45) is 0 Å². The molecule has 17 heavy (non-hydrogen) atoms. The van der Waals surface area contributed by atoms with Crippen LogP contribution in [-0.2, 0) is 21.7 Å². The highest BCUT2D eigenvalue weighted by Gasteiger charge is 2.18. The summed E-state index contributed by atoms with van der Waals surface area (Å²) in [5.74, 6) is 0. The van der Waals surface area contributed by atoms with Gasteiger partial charge in [0.25, 0.3) is 0 Å². The molecule has 2 atom stereocenters. The van der Waals surface area contributed by atoms with E-state index in [1.54, 1.807) is 6.26 Å². The Bertz CT molecular complexity index is 506. The van der Waals surface area contributed by atoms with Gasteiger partial charge >= 0.3 is 0 Å². The van der Waals surface area contributed by atoms with E-state index in [2.05, 4.69) is 42.7 Å². The van der Waals surface area contributed by atoms with Crippen molar-refractivity contribution < 1.29 is 4.21 Å². The van der Waals surface area contributed by atoms with Crippen LogP contribution < -0.4 is 0 Å². The molecule has 0 N–H and O–H groups in total. The van der Waals surface area contributed by atoms with E-state index in [-0.39, 0.29) is 10.9 Å². The summed E-state index contributed by atoms with van der Waals surface area (Å²) in [4.78, 5) is 3.50. The van der Waals surface area contributed by atoms with Gasteiger partial charge in [-0.3, -0.25) is 4.21 Å². The van der Waals surface area contributed by atoms with Crippen LogP contribution in [0.25, 0.3) is 0 Å². The molecule has 3 heteroatoms. The molecule has 0 radical (unpaired) electrons. The molecule has 0 saturated carbocycles. The molecule has 0 fully saturated rings. The van der Waals surface area contributed by atoms with Crippen LogP contribution in [0, 0.1) is 0 Å². The topological polar surface area (TPSA) is 17.1 Å². The summed E-state index contributed by atoms with van der Waals surface area (Å²) in [6.45, 7) is 0. The summed E-state index contributed by atoms with van der Waals surface area (Å²) in [6, 6.07) is 18.5. The lowest BCUT2D eigenvalue weighted by Gasteiger charge is -2.03. The minimum Gasteiger partial charge on any atom is -0.255 e. The van der Waals surface area contributed by atoms with E-state index in [9.17, 15) is 4.21 Å². The van der Waals surface area contributed by atoms with Crippen molar-refractivity contribution in [1.82, 2.24) is 0 Å². The lowest BCUT2D eigenvalue weighted by Crippen LogP contribution is -2.00. The van der Waals surface area contributed by atoms with E-state index in [4.69, 9.17) is 0 Å². The van der Waals surface area contributed by atoms with Gasteiger partial charge in [-0.25, -0.2) is 0 Å². The van der Waals surface area contributed by atoms with Gasteiger partial charge in [-0.15, -0.1) is 0 Å². The highest BCUT2D eigenvalue weighted by molar-refractivity contribution is 7.96. The Labute approximate surface area is 108 Å². The van der Waals surface area contributed by atoms with Crippen LogP contribution in [0.1, 0.15) is 0 Å². The maximum atomic E-state index is 11.3. The van der Waals surface area contributed by atoms with Crippen LogP contribution in [0.2, 0.25) is 0 Å². The molecule has 0 bridgehead atoms. The number of hydrogen-bond donors (Lipinski definition) is 0. The van der Waals surface area contributed by atoms with Crippen molar-refractivity contribution >= 4 is 21.7 Å². The summed E-state index contributed by atoms with van der Waals surface area (Å²) in [5.41, 5.74) is 0. The maximum absolute atomic E-state index is 11.3. The van der Waals surface area contributed by atoms with Crippen LogP contribution in [0.15, 0.2) is 69.3 Å². The van der Waals surface area contributed by atoms with Gasteiger partial charge in [-0.1, -0.05) is 18.2 Å². The van der Waals surface area contributed by atoms with Gasteiger partial charge in [0.1, 0.15) is 6.26 Å². The standard InChI is InChI=1S/C14H15OS2/c1-16(12-6-4-3-5-7-12)13-8-10-14(11-9-13)17(2)15/h3-11H,1-2H3/q+1. The molecule has 2 aromatic carbocycles. The van der Waals surface area contributed by atoms with Crippen LogP contribution in [-0.4, -0.2) is 16.7 Å². The van der Waals surface area contributed by atoms with Gasteiger partial charge in [0, 0.05) is 22.0 Å². The first-order valence-corrected chi connectivity index (χ1v) is 8.52. The molecule has 2 rings (SSSR count). The Balaban J connectivity index is 2.26. The minimum absolute atomic E-state index is 0.0828. The summed E-state index contributed by atoms with van der Waals surface area (Å²) < 4.78 is 11.3. The third-order valence-electron chi connectivity index (χ3n) is 2.61. The highest BCUT2D eigenvalue weighted by Crippen LogP contribution is 2.21. The fraction of sp³-hybridized carbons (Fsp3) is 0.143. The molecule has 0 aromatic heterocycles. The minimum atomic E-state index is -0.892. The fourth-order valence-corrected chi connectivity index (χ4v) is 3.50. The van der Waals surface area contributed by atoms with E-state index >= 15 is 0 Å². The van der Waals surface area contributed by atoms with Crippen LogP contribution >= 0.6 is 0 Å². The first-order valence-electron chi connectivity index (χ1n) is 5.33. The SMILES string of the molecule is CS(=O)c1ccc([S+](C)c2ccccc2)cc1. The summed E-state index contributed by atoms with van der Waals surface area (Å²) in [5, 5.41) is 0. The van der Waals surface area contributed by atoms with Crippen molar-refractivity contribution in [2.75, 3.05) is 12.5 Å². The molecule has 88 valence electrons. The lowest BCUT2D eigenvalue weighted by atomic mass is 10.4. The second-order valence-corrected chi connectivity index (χ2v) is 7.09. The molecule has 1 nitrogen and oxygen atoms in total. The molecule has 0 aliphatic heterocycles. The van der Waals surface area contributed by atoms with Crippen molar-refractivity contribution in [3.05, 3.63) is 54.6 Å². The van der Waals surface area contributed by atoms with Crippen LogP contribution in [0.4, 0.5) is 0 Å². The van der Waals surface area contributed by atoms with Gasteiger partial charge in [-0.05, 0) is 36.4 Å². The molecule has 0 aliphatic carbocycles. The quantitative estimate of drug-likeness (QED) is 0.778. The van der Waals surface area contributed by atoms with Crippen LogP contribution in [0.3, 0.4) is 0 Å². The molecule has 0 amide bonds. The normalized spacial score (nSPS) is 14.2. The zero-order valence-corrected chi connectivity index (χ0v) is 11.6. The Kier molecular flexibility index (Phi) is 4.02. The largest absolute Gasteiger partial charge is 0.255 e. The predicted octanol–water partition coefficient (Wildman–Crippen LogP) is 3.09. The van der Waals surface area contributed by atoms with Gasteiger partial charge in [0.15, 0.2) is 9.79 Å². The smallest absolute Gasteiger partial charge is 0.160 e.